The van der Waals surface area contributed by atoms with Crippen LogP contribution in [0, 0.1) is 12.8 Å². The summed E-state index contributed by atoms with van der Waals surface area (Å²) in [6.07, 6.45) is 3.30. The summed E-state index contributed by atoms with van der Waals surface area (Å²) in [7, 11) is -3.57. The maximum atomic E-state index is 12.4. The highest BCUT2D eigenvalue weighted by Gasteiger charge is 2.31. The second-order valence-electron chi connectivity index (χ2n) is 4.59. The van der Waals surface area contributed by atoms with Gasteiger partial charge in [0, 0.05) is 25.0 Å². The van der Waals surface area contributed by atoms with Gasteiger partial charge in [-0.25, -0.2) is 18.4 Å². The smallest absolute Gasteiger partial charge is 0.278 e. The Morgan fingerprint density at radius 3 is 2.89 bits per heavy atom. The molecule has 1 saturated heterocycles. The van der Waals surface area contributed by atoms with Crippen molar-refractivity contribution in [2.24, 2.45) is 11.7 Å². The van der Waals surface area contributed by atoms with Crippen molar-refractivity contribution in [1.82, 2.24) is 14.3 Å². The molecule has 0 aliphatic carbocycles. The summed E-state index contributed by atoms with van der Waals surface area (Å²) < 4.78 is 26.2. The Kier molecular flexibility index (Phi) is 5.66. The zero-order valence-corrected chi connectivity index (χ0v) is 12.5. The highest BCUT2D eigenvalue weighted by atomic mass is 35.5. The minimum Gasteiger partial charge on any atom is -0.330 e. The van der Waals surface area contributed by atoms with Crippen molar-refractivity contribution >= 4 is 22.4 Å². The fourth-order valence-corrected chi connectivity index (χ4v) is 3.56. The molecule has 8 heteroatoms. The van der Waals surface area contributed by atoms with Gasteiger partial charge in [-0.05, 0) is 38.3 Å². The van der Waals surface area contributed by atoms with Gasteiger partial charge in [0.15, 0.2) is 0 Å². The predicted molar refractivity (Wildman–Crippen MR) is 74.6 cm³/mol. The molecular formula is C11H19ClN4O2S. The van der Waals surface area contributed by atoms with E-state index in [0.717, 1.165) is 12.8 Å². The highest BCUT2D eigenvalue weighted by Crippen LogP contribution is 2.21. The number of halogens is 1. The molecule has 2 heterocycles. The number of nitrogens with zero attached hydrogens (tertiary/aromatic N) is 3. The Labute approximate surface area is 119 Å². The van der Waals surface area contributed by atoms with E-state index < -0.39 is 10.0 Å². The van der Waals surface area contributed by atoms with Gasteiger partial charge in [-0.15, -0.1) is 12.4 Å². The van der Waals surface area contributed by atoms with Gasteiger partial charge in [0.1, 0.15) is 0 Å². The standard InChI is InChI=1S/C11H18N4O2S.ClH/c1-9-4-5-13-11(14-9)18(16,17)15-6-2-3-10(7-12)8-15;/h4-5,10H,2-3,6-8,12H2,1H3;1H. The van der Waals surface area contributed by atoms with E-state index in [1.807, 2.05) is 0 Å². The first-order valence-corrected chi connectivity index (χ1v) is 7.48. The van der Waals surface area contributed by atoms with Crippen LogP contribution in [0.5, 0.6) is 0 Å². The van der Waals surface area contributed by atoms with Crippen molar-refractivity contribution in [1.29, 1.82) is 0 Å². The fraction of sp³-hybridized carbons (Fsp3) is 0.636. The summed E-state index contributed by atoms with van der Waals surface area (Å²) in [5, 5.41) is -0.111. The molecule has 1 unspecified atom stereocenters. The lowest BCUT2D eigenvalue weighted by Gasteiger charge is -2.30. The van der Waals surface area contributed by atoms with Crippen LogP contribution in [0.1, 0.15) is 18.5 Å². The Morgan fingerprint density at radius 2 is 2.26 bits per heavy atom. The molecule has 1 atom stereocenters. The molecule has 0 bridgehead atoms. The monoisotopic (exact) mass is 306 g/mol. The van der Waals surface area contributed by atoms with Crippen LogP contribution in [0.3, 0.4) is 0 Å². The van der Waals surface area contributed by atoms with Crippen LogP contribution in [-0.2, 0) is 10.0 Å². The summed E-state index contributed by atoms with van der Waals surface area (Å²) >= 11 is 0. The minimum atomic E-state index is -3.57. The van der Waals surface area contributed by atoms with Crippen molar-refractivity contribution in [2.45, 2.75) is 24.9 Å². The molecule has 19 heavy (non-hydrogen) atoms. The van der Waals surface area contributed by atoms with Crippen molar-refractivity contribution < 1.29 is 8.42 Å². The number of aryl methyl sites for hydroxylation is 1. The van der Waals surface area contributed by atoms with Gasteiger partial charge in [0.05, 0.1) is 0 Å². The number of hydrogen-bond donors (Lipinski definition) is 1. The number of aromatic nitrogens is 2. The first-order chi connectivity index (χ1) is 8.54. The van der Waals surface area contributed by atoms with Gasteiger partial charge < -0.3 is 5.73 Å². The lowest BCUT2D eigenvalue weighted by molar-refractivity contribution is 0.270. The van der Waals surface area contributed by atoms with Gasteiger partial charge in [0.25, 0.3) is 15.2 Å². The van der Waals surface area contributed by atoms with Gasteiger partial charge in [0.2, 0.25) is 0 Å². The van der Waals surface area contributed by atoms with E-state index >= 15 is 0 Å². The van der Waals surface area contributed by atoms with E-state index in [9.17, 15) is 8.42 Å². The number of rotatable bonds is 3. The Bertz CT molecular complexity index is 523. The number of hydrogen-bond acceptors (Lipinski definition) is 5. The molecule has 0 saturated carbocycles. The first kappa shape index (κ1) is 16.3. The average molecular weight is 307 g/mol. The Balaban J connectivity index is 0.00000180. The lowest BCUT2D eigenvalue weighted by atomic mass is 10.0. The van der Waals surface area contributed by atoms with Crippen LogP contribution in [0.15, 0.2) is 17.4 Å². The van der Waals surface area contributed by atoms with Crippen molar-refractivity contribution in [3.63, 3.8) is 0 Å². The topological polar surface area (TPSA) is 89.2 Å². The van der Waals surface area contributed by atoms with Crippen LogP contribution in [0.4, 0.5) is 0 Å². The summed E-state index contributed by atoms with van der Waals surface area (Å²) in [6, 6.07) is 1.68. The van der Waals surface area contributed by atoms with E-state index in [1.54, 1.807) is 13.0 Å². The molecular weight excluding hydrogens is 288 g/mol. The third-order valence-corrected chi connectivity index (χ3v) is 4.83. The molecule has 1 aromatic heterocycles. The van der Waals surface area contributed by atoms with E-state index in [2.05, 4.69) is 9.97 Å². The summed E-state index contributed by atoms with van der Waals surface area (Å²) in [5.74, 6) is 0.235. The molecule has 0 spiro atoms. The number of sulfonamides is 1. The molecule has 2 rings (SSSR count). The molecule has 1 fully saturated rings. The maximum absolute atomic E-state index is 12.4. The van der Waals surface area contributed by atoms with Crippen molar-refractivity contribution in [3.8, 4) is 0 Å². The first-order valence-electron chi connectivity index (χ1n) is 6.04. The largest absolute Gasteiger partial charge is 0.330 e. The zero-order valence-electron chi connectivity index (χ0n) is 10.8. The Morgan fingerprint density at radius 1 is 1.53 bits per heavy atom. The van der Waals surface area contributed by atoms with E-state index in [-0.39, 0.29) is 23.5 Å². The Hall–Kier alpha value is -0.760. The molecule has 0 radical (unpaired) electrons. The van der Waals surface area contributed by atoms with Crippen LogP contribution in [0.2, 0.25) is 0 Å². The van der Waals surface area contributed by atoms with Crippen molar-refractivity contribution in [2.75, 3.05) is 19.6 Å². The average Bonchev–Trinajstić information content (AvgIpc) is 2.39. The summed E-state index contributed by atoms with van der Waals surface area (Å²) in [5.41, 5.74) is 6.27. The van der Waals surface area contributed by atoms with E-state index in [1.165, 1.54) is 10.5 Å². The number of piperidine rings is 1. The molecule has 1 aromatic rings. The summed E-state index contributed by atoms with van der Waals surface area (Å²) in [6.45, 7) is 3.26. The number of nitrogens with two attached hydrogens (primary N) is 1. The molecule has 1 aliphatic heterocycles. The quantitative estimate of drug-likeness (QED) is 0.825. The summed E-state index contributed by atoms with van der Waals surface area (Å²) in [4.78, 5) is 7.86. The van der Waals surface area contributed by atoms with Crippen LogP contribution < -0.4 is 5.73 Å². The van der Waals surface area contributed by atoms with Crippen LogP contribution >= 0.6 is 12.4 Å². The second-order valence-corrected chi connectivity index (χ2v) is 6.42. The molecule has 1 aliphatic rings. The molecule has 0 amide bonds. The molecule has 108 valence electrons. The van der Waals surface area contributed by atoms with E-state index in [0.29, 0.717) is 25.3 Å². The predicted octanol–water partition coefficient (Wildman–Crippen LogP) is 0.566. The molecule has 2 N–H and O–H groups in total. The normalized spacial score (nSPS) is 20.8. The van der Waals surface area contributed by atoms with Crippen LogP contribution in [-0.4, -0.2) is 42.3 Å². The zero-order chi connectivity index (χ0) is 13.2. The molecule has 0 aromatic carbocycles. The minimum absolute atomic E-state index is 0. The van der Waals surface area contributed by atoms with E-state index in [4.69, 9.17) is 5.73 Å². The third kappa shape index (κ3) is 3.62. The highest BCUT2D eigenvalue weighted by molar-refractivity contribution is 7.88. The third-order valence-electron chi connectivity index (χ3n) is 3.16. The van der Waals surface area contributed by atoms with Gasteiger partial charge in [-0.1, -0.05) is 0 Å². The van der Waals surface area contributed by atoms with Crippen molar-refractivity contribution in [3.05, 3.63) is 18.0 Å². The van der Waals surface area contributed by atoms with Crippen LogP contribution in [0.25, 0.3) is 0 Å². The molecule has 6 nitrogen and oxygen atoms in total. The van der Waals surface area contributed by atoms with Gasteiger partial charge in [-0.2, -0.15) is 4.31 Å². The SMILES string of the molecule is Cc1ccnc(S(=O)(=O)N2CCCC(CN)C2)n1.Cl. The lowest BCUT2D eigenvalue weighted by Crippen LogP contribution is -2.42. The fourth-order valence-electron chi connectivity index (χ4n) is 2.10. The van der Waals surface area contributed by atoms with Gasteiger partial charge in [-0.3, -0.25) is 0 Å². The van der Waals surface area contributed by atoms with Gasteiger partial charge >= 0.3 is 0 Å². The second kappa shape index (κ2) is 6.60. The maximum Gasteiger partial charge on any atom is 0.278 e.